The monoisotopic (exact) mass is 616 g/mol. The number of aliphatic carboxylic acids is 1. The number of ether oxygens (including phenoxy) is 2. The Morgan fingerprint density at radius 1 is 0.614 bits per heavy atom. The van der Waals surface area contributed by atoms with E-state index >= 15 is 0 Å². The molecule has 0 amide bonds. The van der Waals surface area contributed by atoms with Crippen LogP contribution in [0.1, 0.15) is 138 Å². The third kappa shape index (κ3) is 26.1. The van der Waals surface area contributed by atoms with Gasteiger partial charge in [0, 0.05) is 12.1 Å². The van der Waals surface area contributed by atoms with Gasteiger partial charge in [-0.1, -0.05) is 97.8 Å². The third-order valence-corrected chi connectivity index (χ3v) is 6.29. The molecule has 0 aliphatic carbocycles. The number of phenols is 1. The predicted octanol–water partition coefficient (Wildman–Crippen LogP) is 9.41. The van der Waals surface area contributed by atoms with Crippen molar-refractivity contribution in [3.8, 4) is 5.75 Å². The molecule has 0 aliphatic rings. The maximum atomic E-state index is 11.1. The summed E-state index contributed by atoms with van der Waals surface area (Å²) in [6.45, 7) is 11.5. The number of phenolic OH excluding ortho intramolecular Hbond substituents is 1. The van der Waals surface area contributed by atoms with E-state index in [4.69, 9.17) is 25.4 Å². The largest absolute Gasteiger partial charge is 0.508 e. The molecule has 44 heavy (non-hydrogen) atoms. The molecule has 8 nitrogen and oxygen atoms in total. The maximum absolute atomic E-state index is 11.1. The Morgan fingerprint density at radius 2 is 0.955 bits per heavy atom. The summed E-state index contributed by atoms with van der Waals surface area (Å²) in [4.78, 5) is 32.4. The van der Waals surface area contributed by atoms with Gasteiger partial charge in [-0.15, -0.1) is 0 Å². The highest BCUT2D eigenvalue weighted by molar-refractivity contribution is 5.90. The standard InChI is InChI=1S/C16H32O2.C9H11NO2.C9H10O3.C2H5/c1-2-3-4-5-6-7-8-9-10-11-12-13-14-15-16(17)18;2*1-2-12-9(11)7-3-5-8(10)6-4-7;1-2/h2-15H2,1H3,(H,17,18);3-6H,2,10H2,1H3;3-6,10H,2H2,1H3;1H2,2H3. The average Bonchev–Trinajstić information content (AvgIpc) is 3.02. The Morgan fingerprint density at radius 3 is 1.30 bits per heavy atom. The number of rotatable bonds is 18. The van der Waals surface area contributed by atoms with Gasteiger partial charge in [0.05, 0.1) is 24.3 Å². The van der Waals surface area contributed by atoms with Gasteiger partial charge in [-0.25, -0.2) is 9.59 Å². The molecular weight excluding hydrogens is 558 g/mol. The zero-order valence-corrected chi connectivity index (χ0v) is 27.7. The summed E-state index contributed by atoms with van der Waals surface area (Å²) < 4.78 is 9.54. The second-order valence-electron chi connectivity index (χ2n) is 10.00. The highest BCUT2D eigenvalue weighted by Crippen LogP contribution is 2.13. The average molecular weight is 617 g/mol. The quantitative estimate of drug-likeness (QED) is 0.0856. The van der Waals surface area contributed by atoms with Crippen molar-refractivity contribution in [2.45, 2.75) is 118 Å². The lowest BCUT2D eigenvalue weighted by molar-refractivity contribution is -0.137. The normalized spacial score (nSPS) is 9.66. The van der Waals surface area contributed by atoms with E-state index in [0.717, 1.165) is 12.8 Å². The molecule has 1 radical (unpaired) electrons. The lowest BCUT2D eigenvalue weighted by Crippen LogP contribution is -2.04. The summed E-state index contributed by atoms with van der Waals surface area (Å²) in [5.41, 5.74) is 7.08. The molecule has 0 bridgehead atoms. The van der Waals surface area contributed by atoms with E-state index < -0.39 is 5.97 Å². The van der Waals surface area contributed by atoms with Crippen LogP contribution in [0.15, 0.2) is 48.5 Å². The summed E-state index contributed by atoms with van der Waals surface area (Å²) in [6, 6.07) is 12.6. The topological polar surface area (TPSA) is 136 Å². The number of esters is 2. The molecular formula is C36H58NO7. The molecule has 0 heterocycles. The smallest absolute Gasteiger partial charge is 0.338 e. The number of carboxylic acid groups (broad SMARTS) is 1. The number of benzene rings is 2. The molecule has 0 unspecified atom stereocenters. The van der Waals surface area contributed by atoms with Crippen molar-refractivity contribution in [2.75, 3.05) is 18.9 Å². The second-order valence-corrected chi connectivity index (χ2v) is 10.00. The number of carboxylic acids is 1. The van der Waals surface area contributed by atoms with Crippen molar-refractivity contribution in [3.05, 3.63) is 66.6 Å². The zero-order chi connectivity index (χ0) is 33.4. The first-order valence-corrected chi connectivity index (χ1v) is 16.2. The molecule has 0 saturated heterocycles. The van der Waals surface area contributed by atoms with E-state index in [0.29, 0.717) is 36.4 Å². The third-order valence-electron chi connectivity index (χ3n) is 6.29. The Labute approximate surface area is 266 Å². The van der Waals surface area contributed by atoms with Crippen LogP contribution < -0.4 is 5.73 Å². The summed E-state index contributed by atoms with van der Waals surface area (Å²) >= 11 is 0. The van der Waals surface area contributed by atoms with Crippen LogP contribution in [-0.4, -0.2) is 41.3 Å². The number of nitrogen functional groups attached to an aromatic ring is 1. The number of anilines is 1. The van der Waals surface area contributed by atoms with Gasteiger partial charge in [0.1, 0.15) is 5.75 Å². The van der Waals surface area contributed by atoms with Crippen LogP contribution in [-0.2, 0) is 14.3 Å². The van der Waals surface area contributed by atoms with Gasteiger partial charge in [0.25, 0.3) is 0 Å². The van der Waals surface area contributed by atoms with Gasteiger partial charge < -0.3 is 25.4 Å². The van der Waals surface area contributed by atoms with Crippen molar-refractivity contribution in [3.63, 3.8) is 0 Å². The number of aromatic hydroxyl groups is 1. The van der Waals surface area contributed by atoms with E-state index in [1.807, 2.05) is 0 Å². The summed E-state index contributed by atoms with van der Waals surface area (Å²) in [5, 5.41) is 17.4. The van der Waals surface area contributed by atoms with Crippen LogP contribution in [0.2, 0.25) is 0 Å². The number of hydrogen-bond donors (Lipinski definition) is 3. The van der Waals surface area contributed by atoms with Crippen LogP contribution in [0, 0.1) is 6.92 Å². The van der Waals surface area contributed by atoms with E-state index in [9.17, 15) is 14.4 Å². The molecule has 8 heteroatoms. The minimum atomic E-state index is -0.655. The molecule has 0 aliphatic heterocycles. The van der Waals surface area contributed by atoms with Gasteiger partial charge in [-0.3, -0.25) is 4.79 Å². The lowest BCUT2D eigenvalue weighted by atomic mass is 10.0. The van der Waals surface area contributed by atoms with Crippen molar-refractivity contribution >= 4 is 23.6 Å². The van der Waals surface area contributed by atoms with E-state index in [1.54, 1.807) is 45.0 Å². The summed E-state index contributed by atoms with van der Waals surface area (Å²) in [5.74, 6) is -1.18. The summed E-state index contributed by atoms with van der Waals surface area (Å²) in [7, 11) is 0. The SMILES string of the molecule is CCCCCCCCCCCCCCCC(=O)O.CCOC(=O)c1ccc(N)cc1.CCOC(=O)c1ccc(O)cc1.[CH2]C. The highest BCUT2D eigenvalue weighted by atomic mass is 16.5. The number of nitrogens with two attached hydrogens (primary N) is 1. The molecule has 0 atom stereocenters. The van der Waals surface area contributed by atoms with Gasteiger partial charge >= 0.3 is 17.9 Å². The van der Waals surface area contributed by atoms with Crippen LogP contribution in [0.4, 0.5) is 5.69 Å². The van der Waals surface area contributed by atoms with Crippen molar-refractivity contribution < 1.29 is 34.1 Å². The van der Waals surface area contributed by atoms with Crippen LogP contribution in [0.5, 0.6) is 5.75 Å². The predicted molar refractivity (Wildman–Crippen MR) is 180 cm³/mol. The molecule has 2 rings (SSSR count). The fourth-order valence-electron chi connectivity index (χ4n) is 3.94. The minimum Gasteiger partial charge on any atom is -0.508 e. The van der Waals surface area contributed by atoms with Crippen molar-refractivity contribution in [1.29, 1.82) is 0 Å². The minimum absolute atomic E-state index is 0.142. The van der Waals surface area contributed by atoms with Crippen molar-refractivity contribution in [2.24, 2.45) is 0 Å². The second kappa shape index (κ2) is 30.9. The highest BCUT2D eigenvalue weighted by Gasteiger charge is 2.05. The number of hydrogen-bond acceptors (Lipinski definition) is 7. The number of carbonyl (C=O) groups is 3. The van der Waals surface area contributed by atoms with Crippen molar-refractivity contribution in [1.82, 2.24) is 0 Å². The van der Waals surface area contributed by atoms with Crippen LogP contribution in [0.3, 0.4) is 0 Å². The first kappa shape index (κ1) is 42.6. The molecule has 0 saturated carbocycles. The number of unbranched alkanes of at least 4 members (excludes halogenated alkanes) is 12. The molecule has 0 spiro atoms. The molecule has 0 fully saturated rings. The molecule has 2 aromatic rings. The first-order chi connectivity index (χ1) is 21.2. The first-order valence-electron chi connectivity index (χ1n) is 16.2. The molecule has 0 aromatic heterocycles. The Bertz CT molecular complexity index is 900. The number of carbonyl (C=O) groups excluding carboxylic acids is 2. The fraction of sp³-hybridized carbons (Fsp3) is 0.556. The van der Waals surface area contributed by atoms with Crippen LogP contribution >= 0.6 is 0 Å². The fourth-order valence-corrected chi connectivity index (χ4v) is 3.94. The zero-order valence-electron chi connectivity index (χ0n) is 27.7. The van der Waals surface area contributed by atoms with E-state index in [2.05, 4.69) is 13.8 Å². The molecule has 249 valence electrons. The lowest BCUT2D eigenvalue weighted by Gasteiger charge is -2.02. The molecule has 2 aromatic carbocycles. The Hall–Kier alpha value is -3.55. The van der Waals surface area contributed by atoms with Gasteiger partial charge in [-0.2, -0.15) is 0 Å². The molecule has 4 N–H and O–H groups in total. The Kier molecular flexibility index (Phi) is 29.9. The van der Waals surface area contributed by atoms with E-state index in [1.165, 1.54) is 94.9 Å². The summed E-state index contributed by atoms with van der Waals surface area (Å²) in [6.07, 6.45) is 17.3. The van der Waals surface area contributed by atoms with Gasteiger partial charge in [0.15, 0.2) is 0 Å². The van der Waals surface area contributed by atoms with Gasteiger partial charge in [0.2, 0.25) is 0 Å². The maximum Gasteiger partial charge on any atom is 0.338 e. The van der Waals surface area contributed by atoms with E-state index in [-0.39, 0.29) is 17.7 Å². The Balaban J connectivity index is 0. The van der Waals surface area contributed by atoms with Crippen LogP contribution in [0.25, 0.3) is 0 Å². The van der Waals surface area contributed by atoms with Gasteiger partial charge in [-0.05, 0) is 68.8 Å².